The molecular weight excluding hydrogens is 274 g/mol. The van der Waals surface area contributed by atoms with E-state index in [9.17, 15) is 4.79 Å². The van der Waals surface area contributed by atoms with Crippen LogP contribution in [0.25, 0.3) is 0 Å². The van der Waals surface area contributed by atoms with Crippen LogP contribution in [0.4, 0.5) is 11.4 Å². The van der Waals surface area contributed by atoms with Crippen molar-refractivity contribution in [2.75, 3.05) is 17.2 Å². The molecule has 2 aromatic carbocycles. The van der Waals surface area contributed by atoms with Gasteiger partial charge in [-0.25, -0.2) is 0 Å². The Kier molecular flexibility index (Phi) is 5.16. The van der Waals surface area contributed by atoms with Gasteiger partial charge in [-0.15, -0.1) is 0 Å². The minimum absolute atomic E-state index is 0.116. The van der Waals surface area contributed by atoms with Crippen LogP contribution < -0.4 is 10.6 Å². The average Bonchev–Trinajstić information content (AvgIpc) is 2.53. The predicted molar refractivity (Wildman–Crippen MR) is 88.8 cm³/mol. The number of nitrogens with one attached hydrogen (secondary N) is 2. The van der Waals surface area contributed by atoms with E-state index in [4.69, 9.17) is 5.26 Å². The number of amides is 1. The highest BCUT2D eigenvalue weighted by Crippen LogP contribution is 2.23. The van der Waals surface area contributed by atoms with E-state index in [1.165, 1.54) is 0 Å². The van der Waals surface area contributed by atoms with Gasteiger partial charge in [0.15, 0.2) is 0 Å². The maximum absolute atomic E-state index is 12.1. The molecule has 0 heterocycles. The Morgan fingerprint density at radius 1 is 1.09 bits per heavy atom. The highest BCUT2D eigenvalue weighted by Gasteiger charge is 2.09. The summed E-state index contributed by atoms with van der Waals surface area (Å²) in [7, 11) is 0. The topological polar surface area (TPSA) is 64.9 Å². The van der Waals surface area contributed by atoms with Crippen LogP contribution in [0, 0.1) is 11.3 Å². The summed E-state index contributed by atoms with van der Waals surface area (Å²) in [6, 6.07) is 17.0. The van der Waals surface area contributed by atoms with Crippen molar-refractivity contribution in [1.82, 2.24) is 0 Å². The van der Waals surface area contributed by atoms with E-state index >= 15 is 0 Å². The summed E-state index contributed by atoms with van der Waals surface area (Å²) >= 11 is 0. The summed E-state index contributed by atoms with van der Waals surface area (Å²) in [6.45, 7) is 4.30. The maximum Gasteiger partial charge on any atom is 0.243 e. The van der Waals surface area contributed by atoms with Gasteiger partial charge < -0.3 is 10.6 Å². The number of hydrogen-bond acceptors (Lipinski definition) is 3. The number of nitrogens with zero attached hydrogens (tertiary/aromatic N) is 1. The fourth-order valence-electron chi connectivity index (χ4n) is 2.22. The average molecular weight is 293 g/mol. The molecule has 4 heteroatoms. The zero-order chi connectivity index (χ0) is 15.9. The van der Waals surface area contributed by atoms with Crippen molar-refractivity contribution < 1.29 is 4.79 Å². The van der Waals surface area contributed by atoms with Crippen LogP contribution >= 0.6 is 0 Å². The Balaban J connectivity index is 2.01. The predicted octanol–water partition coefficient (Wildman–Crippen LogP) is 3.73. The fraction of sp³-hybridized carbons (Fsp3) is 0.222. The first-order chi connectivity index (χ1) is 10.6. The smallest absolute Gasteiger partial charge is 0.243 e. The van der Waals surface area contributed by atoms with Crippen LogP contribution in [-0.2, 0) is 4.79 Å². The number of carbonyl (C=O) groups is 1. The molecule has 0 aliphatic carbocycles. The Bertz CT molecular complexity index is 701. The number of nitriles is 1. The lowest BCUT2D eigenvalue weighted by Crippen LogP contribution is -2.22. The first-order valence-corrected chi connectivity index (χ1v) is 7.23. The molecule has 0 bridgehead atoms. The molecular formula is C18H19N3O. The second-order valence-corrected chi connectivity index (χ2v) is 5.30. The van der Waals surface area contributed by atoms with Crippen LogP contribution in [0.5, 0.6) is 0 Å². The van der Waals surface area contributed by atoms with Gasteiger partial charge in [0.2, 0.25) is 5.91 Å². The molecule has 0 saturated heterocycles. The zero-order valence-corrected chi connectivity index (χ0v) is 12.8. The van der Waals surface area contributed by atoms with Gasteiger partial charge in [-0.05, 0) is 29.7 Å². The molecule has 0 spiro atoms. The molecule has 4 nitrogen and oxygen atoms in total. The molecule has 0 radical (unpaired) electrons. The van der Waals surface area contributed by atoms with Crippen molar-refractivity contribution in [3.8, 4) is 6.07 Å². The van der Waals surface area contributed by atoms with Gasteiger partial charge in [0.25, 0.3) is 0 Å². The summed E-state index contributed by atoms with van der Waals surface area (Å²) in [5, 5.41) is 14.9. The summed E-state index contributed by atoms with van der Waals surface area (Å²) in [5.41, 5.74) is 3.13. The number of para-hydroxylation sites is 2. The van der Waals surface area contributed by atoms with Crippen molar-refractivity contribution in [2.24, 2.45) is 0 Å². The Morgan fingerprint density at radius 2 is 1.73 bits per heavy atom. The van der Waals surface area contributed by atoms with Crippen molar-refractivity contribution in [3.63, 3.8) is 0 Å². The van der Waals surface area contributed by atoms with E-state index in [0.29, 0.717) is 17.2 Å². The molecule has 0 aromatic heterocycles. The molecule has 0 fully saturated rings. The van der Waals surface area contributed by atoms with Gasteiger partial charge >= 0.3 is 0 Å². The third-order valence-corrected chi connectivity index (χ3v) is 3.34. The summed E-state index contributed by atoms with van der Waals surface area (Å²) in [5.74, 6) is 0.199. The fourth-order valence-corrected chi connectivity index (χ4v) is 2.22. The van der Waals surface area contributed by atoms with E-state index < -0.39 is 0 Å². The number of carbonyl (C=O) groups excluding carboxylic acids is 1. The van der Waals surface area contributed by atoms with E-state index in [2.05, 4.69) is 30.6 Å². The zero-order valence-electron chi connectivity index (χ0n) is 12.8. The minimum atomic E-state index is -0.138. The molecule has 0 unspecified atom stereocenters. The van der Waals surface area contributed by atoms with E-state index in [0.717, 1.165) is 11.3 Å². The SMILES string of the molecule is CC(C)c1ccccc1NC(=O)CNc1ccccc1C#N. The quantitative estimate of drug-likeness (QED) is 0.882. The Morgan fingerprint density at radius 3 is 2.41 bits per heavy atom. The van der Waals surface area contributed by atoms with Crippen LogP contribution in [0.15, 0.2) is 48.5 Å². The largest absolute Gasteiger partial charge is 0.375 e. The second kappa shape index (κ2) is 7.28. The van der Waals surface area contributed by atoms with Gasteiger partial charge in [-0.2, -0.15) is 5.26 Å². The molecule has 22 heavy (non-hydrogen) atoms. The first-order valence-electron chi connectivity index (χ1n) is 7.23. The molecule has 0 saturated carbocycles. The van der Waals surface area contributed by atoms with Crippen molar-refractivity contribution in [2.45, 2.75) is 19.8 Å². The van der Waals surface area contributed by atoms with Crippen molar-refractivity contribution in [1.29, 1.82) is 5.26 Å². The number of anilines is 2. The number of benzene rings is 2. The second-order valence-electron chi connectivity index (χ2n) is 5.30. The van der Waals surface area contributed by atoms with Crippen LogP contribution in [-0.4, -0.2) is 12.5 Å². The van der Waals surface area contributed by atoms with E-state index in [1.807, 2.05) is 30.3 Å². The van der Waals surface area contributed by atoms with E-state index in [1.54, 1.807) is 18.2 Å². The van der Waals surface area contributed by atoms with Gasteiger partial charge in [0.05, 0.1) is 17.8 Å². The Hall–Kier alpha value is -2.80. The highest BCUT2D eigenvalue weighted by atomic mass is 16.1. The summed E-state index contributed by atoms with van der Waals surface area (Å²) in [4.78, 5) is 12.1. The normalized spacial score (nSPS) is 10.1. The first kappa shape index (κ1) is 15.6. The minimum Gasteiger partial charge on any atom is -0.375 e. The standard InChI is InChI=1S/C18H19N3O/c1-13(2)15-8-4-6-10-17(15)21-18(22)12-20-16-9-5-3-7-14(16)11-19/h3-10,13,20H,12H2,1-2H3,(H,21,22). The van der Waals surface area contributed by atoms with Gasteiger partial charge in [0, 0.05) is 5.69 Å². The summed E-state index contributed by atoms with van der Waals surface area (Å²) in [6.07, 6.45) is 0. The third kappa shape index (κ3) is 3.86. The lowest BCUT2D eigenvalue weighted by Gasteiger charge is -2.14. The summed E-state index contributed by atoms with van der Waals surface area (Å²) < 4.78 is 0. The molecule has 0 aliphatic heterocycles. The highest BCUT2D eigenvalue weighted by molar-refractivity contribution is 5.94. The molecule has 1 amide bonds. The van der Waals surface area contributed by atoms with Crippen LogP contribution in [0.2, 0.25) is 0 Å². The third-order valence-electron chi connectivity index (χ3n) is 3.34. The van der Waals surface area contributed by atoms with Crippen molar-refractivity contribution >= 4 is 17.3 Å². The molecule has 0 atom stereocenters. The Labute approximate surface area is 130 Å². The number of hydrogen-bond donors (Lipinski definition) is 2. The molecule has 112 valence electrons. The van der Waals surface area contributed by atoms with Gasteiger partial charge in [-0.1, -0.05) is 44.2 Å². The van der Waals surface area contributed by atoms with Crippen molar-refractivity contribution in [3.05, 3.63) is 59.7 Å². The molecule has 2 rings (SSSR count). The van der Waals surface area contributed by atoms with Gasteiger partial charge in [0.1, 0.15) is 6.07 Å². The molecule has 0 aliphatic rings. The number of rotatable bonds is 5. The maximum atomic E-state index is 12.1. The van der Waals surface area contributed by atoms with Crippen LogP contribution in [0.3, 0.4) is 0 Å². The van der Waals surface area contributed by atoms with E-state index in [-0.39, 0.29) is 12.5 Å². The lowest BCUT2D eigenvalue weighted by atomic mass is 10.0. The van der Waals surface area contributed by atoms with Crippen LogP contribution in [0.1, 0.15) is 30.9 Å². The molecule has 2 N–H and O–H groups in total. The lowest BCUT2D eigenvalue weighted by molar-refractivity contribution is -0.114. The molecule has 2 aromatic rings. The monoisotopic (exact) mass is 293 g/mol. The van der Waals surface area contributed by atoms with Gasteiger partial charge in [-0.3, -0.25) is 4.79 Å².